The summed E-state index contributed by atoms with van der Waals surface area (Å²) in [5.74, 6) is 0.362. The molecule has 0 spiro atoms. The fourth-order valence-corrected chi connectivity index (χ4v) is 4.41. The molecule has 3 aromatic heterocycles. The minimum absolute atomic E-state index is 0.291. The third-order valence-electron chi connectivity index (χ3n) is 5.14. The molecule has 5 aromatic rings. The Kier molecular flexibility index (Phi) is 5.64. The molecule has 0 saturated heterocycles. The lowest BCUT2D eigenvalue weighted by Crippen LogP contribution is -2.18. The number of methoxy groups -OCH3 is 1. The number of ether oxygens (including phenoxy) is 1. The van der Waals surface area contributed by atoms with Crippen LogP contribution < -0.4 is 15.0 Å². The highest BCUT2D eigenvalue weighted by Gasteiger charge is 2.15. The molecule has 1 N–H and O–H groups in total. The number of pyridine rings is 2. The van der Waals surface area contributed by atoms with Gasteiger partial charge < -0.3 is 9.26 Å². The highest BCUT2D eigenvalue weighted by molar-refractivity contribution is 7.86. The number of aromatic nitrogens is 3. The normalized spacial score (nSPS) is 11.9. The molecule has 0 radical (unpaired) electrons. The van der Waals surface area contributed by atoms with Crippen molar-refractivity contribution >= 4 is 27.7 Å². The molecule has 0 amide bonds. The smallest absolute Gasteiger partial charge is 0.255 e. The fourth-order valence-electron chi connectivity index (χ4n) is 3.57. The summed E-state index contributed by atoms with van der Waals surface area (Å²) >= 11 is 0. The minimum Gasteiger partial charge on any atom is -0.494 e. The maximum atomic E-state index is 13.7. The average Bonchev–Trinajstić information content (AvgIpc) is 3.36. The van der Waals surface area contributed by atoms with Crippen LogP contribution in [0.2, 0.25) is 0 Å². The average molecular weight is 476 g/mol. The molecule has 5 rings (SSSR count). The Morgan fingerprint density at radius 3 is 2.74 bits per heavy atom. The van der Waals surface area contributed by atoms with Crippen molar-refractivity contribution in [2.24, 2.45) is 0 Å². The highest BCUT2D eigenvalue weighted by Crippen LogP contribution is 2.29. The van der Waals surface area contributed by atoms with Crippen LogP contribution in [0.1, 0.15) is 0 Å². The predicted octanol–water partition coefficient (Wildman–Crippen LogP) is 4.32. The molecule has 8 nitrogen and oxygen atoms in total. The summed E-state index contributed by atoms with van der Waals surface area (Å²) in [6, 6.07) is 17.4. The van der Waals surface area contributed by atoms with Gasteiger partial charge in [-0.15, -0.1) is 0 Å². The second kappa shape index (κ2) is 8.91. The molecular formula is C24H17FN4O4S. The van der Waals surface area contributed by atoms with Crippen LogP contribution in [-0.4, -0.2) is 26.0 Å². The molecule has 0 aliphatic carbocycles. The fraction of sp³-hybridized carbons (Fsp3) is 0.0417. The summed E-state index contributed by atoms with van der Waals surface area (Å²) in [5.41, 5.74) is 1.80. The molecule has 34 heavy (non-hydrogen) atoms. The number of nitrogens with one attached hydrogen (secondary N) is 1. The van der Waals surface area contributed by atoms with E-state index in [1.165, 1.54) is 42.3 Å². The van der Waals surface area contributed by atoms with Crippen LogP contribution in [-0.2, 0) is 11.0 Å². The first-order valence-corrected chi connectivity index (χ1v) is 11.2. The molecule has 170 valence electrons. The number of hydrogen-bond donors (Lipinski definition) is 1. The summed E-state index contributed by atoms with van der Waals surface area (Å²) in [7, 11) is -0.0978. The Hall–Kier alpha value is -4.31. The van der Waals surface area contributed by atoms with Crippen molar-refractivity contribution in [2.75, 3.05) is 11.8 Å². The zero-order valence-electron chi connectivity index (χ0n) is 17.8. The van der Waals surface area contributed by atoms with E-state index >= 15 is 0 Å². The van der Waals surface area contributed by atoms with Gasteiger partial charge in [0.1, 0.15) is 23.5 Å². The molecule has 1 atom stereocenters. The Morgan fingerprint density at radius 1 is 1.09 bits per heavy atom. The second-order valence-electron chi connectivity index (χ2n) is 7.23. The van der Waals surface area contributed by atoms with E-state index in [9.17, 15) is 13.4 Å². The largest absolute Gasteiger partial charge is 0.494 e. The summed E-state index contributed by atoms with van der Waals surface area (Å²) in [4.78, 5) is 17.8. The first kappa shape index (κ1) is 21.5. The molecule has 3 heterocycles. The lowest BCUT2D eigenvalue weighted by Gasteiger charge is -2.15. The third-order valence-corrected chi connectivity index (χ3v) is 6.22. The van der Waals surface area contributed by atoms with Crippen LogP contribution in [0.4, 0.5) is 10.2 Å². The molecule has 0 saturated carbocycles. The number of hydrogen-bond acceptors (Lipinski definition) is 6. The van der Waals surface area contributed by atoms with E-state index in [-0.39, 0.29) is 11.4 Å². The van der Waals surface area contributed by atoms with Gasteiger partial charge in [-0.1, -0.05) is 17.3 Å². The van der Waals surface area contributed by atoms with Gasteiger partial charge in [0.25, 0.3) is 5.56 Å². The molecular weight excluding hydrogens is 459 g/mol. The van der Waals surface area contributed by atoms with Crippen molar-refractivity contribution in [1.82, 2.24) is 14.7 Å². The number of halogens is 1. The Bertz CT molecular complexity index is 1580. The first-order valence-electron chi connectivity index (χ1n) is 10.1. The molecule has 2 aromatic carbocycles. The summed E-state index contributed by atoms with van der Waals surface area (Å²) < 4.78 is 40.8. The van der Waals surface area contributed by atoms with Gasteiger partial charge in [0.05, 0.1) is 29.4 Å². The summed E-state index contributed by atoms with van der Waals surface area (Å²) in [5, 5.41) is 4.38. The van der Waals surface area contributed by atoms with Gasteiger partial charge in [0, 0.05) is 29.1 Å². The predicted molar refractivity (Wildman–Crippen MR) is 126 cm³/mol. The quantitative estimate of drug-likeness (QED) is 0.392. The van der Waals surface area contributed by atoms with Crippen molar-refractivity contribution in [2.45, 2.75) is 4.90 Å². The SMILES string of the molecule is COc1cc(-c2cccc(F)c2)ncc1-n1c(=O)ccc2cc(S(=O)Nc3ccon3)ccc21. The van der Waals surface area contributed by atoms with Crippen LogP contribution in [0.15, 0.2) is 93.4 Å². The van der Waals surface area contributed by atoms with Crippen LogP contribution in [0.5, 0.6) is 5.75 Å². The van der Waals surface area contributed by atoms with E-state index in [4.69, 9.17) is 9.26 Å². The van der Waals surface area contributed by atoms with Gasteiger partial charge in [-0.2, -0.15) is 0 Å². The topological polar surface area (TPSA) is 99.2 Å². The van der Waals surface area contributed by atoms with Crippen molar-refractivity contribution in [1.29, 1.82) is 0 Å². The summed E-state index contributed by atoms with van der Waals surface area (Å²) in [6.45, 7) is 0. The maximum absolute atomic E-state index is 13.7. The van der Waals surface area contributed by atoms with Crippen LogP contribution in [0, 0.1) is 5.82 Å². The number of benzene rings is 2. The maximum Gasteiger partial charge on any atom is 0.255 e. The van der Waals surface area contributed by atoms with Crippen molar-refractivity contribution in [3.63, 3.8) is 0 Å². The molecule has 1 unspecified atom stereocenters. The lowest BCUT2D eigenvalue weighted by atomic mass is 10.1. The van der Waals surface area contributed by atoms with Gasteiger partial charge in [-0.05, 0) is 36.4 Å². The van der Waals surface area contributed by atoms with Gasteiger partial charge in [0.15, 0.2) is 16.8 Å². The number of nitrogens with zero attached hydrogens (tertiary/aromatic N) is 3. The molecule has 10 heteroatoms. The standard InChI is InChI=1S/C24H17FN4O4S/c1-32-22-13-19(15-3-2-4-17(25)11-15)26-14-21(22)29-20-7-6-18(12-16(20)5-8-24(29)30)34(31)28-23-9-10-33-27-23/h2-14H,1H3,(H,27,28). The van der Waals surface area contributed by atoms with Crippen LogP contribution >= 0.6 is 0 Å². The molecule has 0 aliphatic rings. The monoisotopic (exact) mass is 476 g/mol. The number of fused-ring (bicyclic) bond motifs is 1. The Labute approximate surface area is 195 Å². The Morgan fingerprint density at radius 2 is 1.97 bits per heavy atom. The van der Waals surface area contributed by atoms with Crippen molar-refractivity contribution in [3.05, 3.63) is 95.4 Å². The van der Waals surface area contributed by atoms with E-state index in [1.807, 2.05) is 0 Å². The van der Waals surface area contributed by atoms with Gasteiger partial charge in [0.2, 0.25) is 0 Å². The zero-order chi connectivity index (χ0) is 23.7. The summed E-state index contributed by atoms with van der Waals surface area (Å²) in [6.07, 6.45) is 2.89. The highest BCUT2D eigenvalue weighted by atomic mass is 32.2. The van der Waals surface area contributed by atoms with Gasteiger partial charge in [-0.3, -0.25) is 19.1 Å². The van der Waals surface area contributed by atoms with E-state index in [1.54, 1.807) is 48.5 Å². The zero-order valence-corrected chi connectivity index (χ0v) is 18.6. The van der Waals surface area contributed by atoms with Crippen LogP contribution in [0.3, 0.4) is 0 Å². The van der Waals surface area contributed by atoms with Crippen molar-refractivity contribution < 1.29 is 17.9 Å². The number of anilines is 1. The molecule has 0 fully saturated rings. The van der Waals surface area contributed by atoms with Gasteiger partial charge in [-0.25, -0.2) is 8.60 Å². The van der Waals surface area contributed by atoms with E-state index in [0.29, 0.717) is 44.3 Å². The lowest BCUT2D eigenvalue weighted by molar-refractivity contribution is 0.412. The van der Waals surface area contributed by atoms with E-state index in [0.717, 1.165) is 0 Å². The minimum atomic E-state index is -1.59. The van der Waals surface area contributed by atoms with Crippen LogP contribution in [0.25, 0.3) is 27.8 Å². The molecule has 0 bridgehead atoms. The van der Waals surface area contributed by atoms with Gasteiger partial charge >= 0.3 is 0 Å². The van der Waals surface area contributed by atoms with E-state index in [2.05, 4.69) is 14.9 Å². The third kappa shape index (κ3) is 4.06. The number of rotatable bonds is 6. The van der Waals surface area contributed by atoms with Crippen molar-refractivity contribution in [3.8, 4) is 22.7 Å². The van der Waals surface area contributed by atoms with E-state index < -0.39 is 11.0 Å². The molecule has 0 aliphatic heterocycles. The first-order chi connectivity index (χ1) is 16.5. The second-order valence-corrected chi connectivity index (χ2v) is 8.45. The Balaban J connectivity index is 1.58.